The minimum atomic E-state index is -0.215. The summed E-state index contributed by atoms with van der Waals surface area (Å²) >= 11 is 0. The van der Waals surface area contributed by atoms with Gasteiger partial charge in [-0.05, 0) is 42.8 Å². The Morgan fingerprint density at radius 1 is 1.04 bits per heavy atom. The van der Waals surface area contributed by atoms with E-state index in [4.69, 9.17) is 4.74 Å². The third-order valence-corrected chi connectivity index (χ3v) is 3.78. The highest BCUT2D eigenvalue weighted by molar-refractivity contribution is 6.08. The van der Waals surface area contributed by atoms with E-state index in [0.717, 1.165) is 22.7 Å². The topological polar surface area (TPSA) is 63.2 Å². The lowest BCUT2D eigenvalue weighted by atomic mass is 10.1. The molecule has 5 nitrogen and oxygen atoms in total. The van der Waals surface area contributed by atoms with Crippen molar-refractivity contribution in [3.8, 4) is 5.75 Å². The molecule has 1 heterocycles. The first-order valence-electron chi connectivity index (χ1n) is 7.90. The molecule has 25 heavy (non-hydrogen) atoms. The molecule has 3 rings (SSSR count). The summed E-state index contributed by atoms with van der Waals surface area (Å²) in [6.07, 6.45) is 1.65. The number of nitrogens with zero attached hydrogens (tertiary/aromatic N) is 1. The van der Waals surface area contributed by atoms with Gasteiger partial charge in [0.1, 0.15) is 11.6 Å². The van der Waals surface area contributed by atoms with Crippen LogP contribution in [0.25, 0.3) is 0 Å². The molecule has 3 aromatic rings. The quantitative estimate of drug-likeness (QED) is 0.727. The number of hydrogen-bond donors (Lipinski definition) is 2. The molecule has 0 saturated carbocycles. The summed E-state index contributed by atoms with van der Waals surface area (Å²) in [7, 11) is 1.61. The number of aryl methyl sites for hydroxylation is 1. The summed E-state index contributed by atoms with van der Waals surface area (Å²) in [5.41, 5.74) is 3.04. The van der Waals surface area contributed by atoms with Crippen molar-refractivity contribution < 1.29 is 9.53 Å². The number of carbonyl (C=O) groups is 1. The summed E-state index contributed by atoms with van der Waals surface area (Å²) in [5, 5.41) is 6.11. The van der Waals surface area contributed by atoms with E-state index in [0.29, 0.717) is 11.4 Å². The molecule has 0 spiro atoms. The second-order valence-corrected chi connectivity index (χ2v) is 5.53. The van der Waals surface area contributed by atoms with E-state index in [1.165, 1.54) is 0 Å². The fourth-order valence-corrected chi connectivity index (χ4v) is 2.43. The van der Waals surface area contributed by atoms with Gasteiger partial charge in [0.15, 0.2) is 0 Å². The van der Waals surface area contributed by atoms with Crippen molar-refractivity contribution in [1.29, 1.82) is 0 Å². The molecule has 0 aliphatic carbocycles. The molecule has 0 radical (unpaired) electrons. The second kappa shape index (κ2) is 7.49. The lowest BCUT2D eigenvalue weighted by Crippen LogP contribution is -2.15. The van der Waals surface area contributed by atoms with Crippen LogP contribution in [0.5, 0.6) is 5.75 Å². The van der Waals surface area contributed by atoms with Crippen LogP contribution in [0.15, 0.2) is 66.9 Å². The molecule has 126 valence electrons. The number of ether oxygens (including phenoxy) is 1. The van der Waals surface area contributed by atoms with E-state index in [9.17, 15) is 4.79 Å². The average molecular weight is 333 g/mol. The normalized spacial score (nSPS) is 10.2. The monoisotopic (exact) mass is 333 g/mol. The number of benzene rings is 2. The molecule has 2 N–H and O–H groups in total. The Hall–Kier alpha value is -3.34. The van der Waals surface area contributed by atoms with Gasteiger partial charge < -0.3 is 15.4 Å². The Labute approximate surface area is 146 Å². The van der Waals surface area contributed by atoms with Gasteiger partial charge in [0, 0.05) is 23.6 Å². The van der Waals surface area contributed by atoms with Crippen LogP contribution in [0.4, 0.5) is 17.2 Å². The van der Waals surface area contributed by atoms with Gasteiger partial charge in [-0.3, -0.25) is 4.79 Å². The van der Waals surface area contributed by atoms with Gasteiger partial charge in [-0.25, -0.2) is 4.98 Å². The number of amides is 1. The number of aromatic nitrogens is 1. The first-order valence-corrected chi connectivity index (χ1v) is 7.90. The van der Waals surface area contributed by atoms with Gasteiger partial charge in [-0.15, -0.1) is 0 Å². The molecule has 0 atom stereocenters. The zero-order valence-electron chi connectivity index (χ0n) is 14.1. The molecule has 2 aromatic carbocycles. The SMILES string of the molecule is COc1cccc(Nc2ncccc2C(=O)Nc2ccccc2C)c1. The van der Waals surface area contributed by atoms with E-state index >= 15 is 0 Å². The Kier molecular flexibility index (Phi) is 4.95. The number of hydrogen-bond acceptors (Lipinski definition) is 4. The fourth-order valence-electron chi connectivity index (χ4n) is 2.43. The molecule has 5 heteroatoms. The van der Waals surface area contributed by atoms with Gasteiger partial charge in [0.25, 0.3) is 5.91 Å². The minimum absolute atomic E-state index is 0.215. The maximum absolute atomic E-state index is 12.7. The van der Waals surface area contributed by atoms with E-state index in [-0.39, 0.29) is 5.91 Å². The predicted octanol–water partition coefficient (Wildman–Crippen LogP) is 4.39. The number of methoxy groups -OCH3 is 1. The summed E-state index contributed by atoms with van der Waals surface area (Å²) in [5.74, 6) is 1.00. The smallest absolute Gasteiger partial charge is 0.259 e. The Bertz CT molecular complexity index is 893. The molecular formula is C20H19N3O2. The zero-order valence-corrected chi connectivity index (χ0v) is 14.1. The molecule has 0 aliphatic rings. The van der Waals surface area contributed by atoms with Gasteiger partial charge in [0.2, 0.25) is 0 Å². The molecule has 0 fully saturated rings. The molecule has 0 aliphatic heterocycles. The van der Waals surface area contributed by atoms with Crippen molar-refractivity contribution in [2.24, 2.45) is 0 Å². The van der Waals surface area contributed by atoms with Crippen LogP contribution in [0.2, 0.25) is 0 Å². The van der Waals surface area contributed by atoms with Crippen molar-refractivity contribution in [3.63, 3.8) is 0 Å². The number of nitrogens with one attached hydrogen (secondary N) is 2. The standard InChI is InChI=1S/C20H19N3O2/c1-14-7-3-4-11-18(14)23-20(24)17-10-6-12-21-19(17)22-15-8-5-9-16(13-15)25-2/h3-13H,1-2H3,(H,21,22)(H,23,24). The van der Waals surface area contributed by atoms with Crippen LogP contribution in [0, 0.1) is 6.92 Å². The molecular weight excluding hydrogens is 314 g/mol. The highest BCUT2D eigenvalue weighted by Gasteiger charge is 2.13. The van der Waals surface area contributed by atoms with Crippen molar-refractivity contribution in [2.75, 3.05) is 17.7 Å². The van der Waals surface area contributed by atoms with Crippen LogP contribution in [0.3, 0.4) is 0 Å². The summed E-state index contributed by atoms with van der Waals surface area (Å²) < 4.78 is 5.22. The van der Waals surface area contributed by atoms with Crippen LogP contribution in [-0.4, -0.2) is 18.0 Å². The molecule has 0 unspecified atom stereocenters. The van der Waals surface area contributed by atoms with Gasteiger partial charge in [-0.2, -0.15) is 0 Å². The molecule has 0 bridgehead atoms. The Morgan fingerprint density at radius 3 is 2.68 bits per heavy atom. The first kappa shape index (κ1) is 16.5. The zero-order chi connectivity index (χ0) is 17.6. The van der Waals surface area contributed by atoms with Crippen LogP contribution >= 0.6 is 0 Å². The lowest BCUT2D eigenvalue weighted by molar-refractivity contribution is 0.102. The van der Waals surface area contributed by atoms with E-state index < -0.39 is 0 Å². The second-order valence-electron chi connectivity index (χ2n) is 5.53. The molecule has 1 aromatic heterocycles. The number of pyridine rings is 1. The molecule has 1 amide bonds. The van der Waals surface area contributed by atoms with E-state index in [1.54, 1.807) is 25.4 Å². The largest absolute Gasteiger partial charge is 0.497 e. The van der Waals surface area contributed by atoms with Gasteiger partial charge in [0.05, 0.1) is 12.7 Å². The van der Waals surface area contributed by atoms with Gasteiger partial charge in [-0.1, -0.05) is 24.3 Å². The lowest BCUT2D eigenvalue weighted by Gasteiger charge is -2.13. The van der Waals surface area contributed by atoms with Crippen molar-refractivity contribution >= 4 is 23.1 Å². The van der Waals surface area contributed by atoms with Crippen molar-refractivity contribution in [1.82, 2.24) is 4.98 Å². The Balaban J connectivity index is 1.85. The average Bonchev–Trinajstić information content (AvgIpc) is 2.64. The third-order valence-electron chi connectivity index (χ3n) is 3.78. The Morgan fingerprint density at radius 2 is 1.88 bits per heavy atom. The summed E-state index contributed by atoms with van der Waals surface area (Å²) in [6.45, 7) is 1.95. The van der Waals surface area contributed by atoms with Crippen LogP contribution in [0.1, 0.15) is 15.9 Å². The number of rotatable bonds is 5. The predicted molar refractivity (Wildman–Crippen MR) is 99.6 cm³/mol. The number of carbonyl (C=O) groups excluding carboxylic acids is 1. The van der Waals surface area contributed by atoms with Crippen LogP contribution < -0.4 is 15.4 Å². The highest BCUT2D eigenvalue weighted by Crippen LogP contribution is 2.23. The highest BCUT2D eigenvalue weighted by atomic mass is 16.5. The third kappa shape index (κ3) is 3.95. The van der Waals surface area contributed by atoms with Crippen molar-refractivity contribution in [2.45, 2.75) is 6.92 Å². The summed E-state index contributed by atoms with van der Waals surface area (Å²) in [6, 6.07) is 18.6. The first-order chi connectivity index (χ1) is 12.2. The number of anilines is 3. The van der Waals surface area contributed by atoms with Crippen LogP contribution in [-0.2, 0) is 0 Å². The van der Waals surface area contributed by atoms with E-state index in [2.05, 4.69) is 15.6 Å². The van der Waals surface area contributed by atoms with Crippen molar-refractivity contribution in [3.05, 3.63) is 78.0 Å². The maximum Gasteiger partial charge on any atom is 0.259 e. The van der Waals surface area contributed by atoms with Gasteiger partial charge >= 0.3 is 0 Å². The number of para-hydroxylation sites is 1. The fraction of sp³-hybridized carbons (Fsp3) is 0.100. The maximum atomic E-state index is 12.7. The minimum Gasteiger partial charge on any atom is -0.497 e. The van der Waals surface area contributed by atoms with E-state index in [1.807, 2.05) is 55.5 Å². The summed E-state index contributed by atoms with van der Waals surface area (Å²) in [4.78, 5) is 17.0. The molecule has 0 saturated heterocycles.